The smallest absolute Gasteiger partial charge is 0.224 e. The number of pyridine rings is 1. The van der Waals surface area contributed by atoms with E-state index in [0.29, 0.717) is 23.9 Å². The molecule has 3 heterocycles. The number of ether oxygens (including phenoxy) is 1. The van der Waals surface area contributed by atoms with Gasteiger partial charge in [-0.1, -0.05) is 11.6 Å². The first-order valence-electron chi connectivity index (χ1n) is 5.98. The molecule has 0 aromatic carbocycles. The van der Waals surface area contributed by atoms with Gasteiger partial charge in [-0.25, -0.2) is 9.97 Å². The van der Waals surface area contributed by atoms with Crippen LogP contribution in [0.25, 0.3) is 10.9 Å². The monoisotopic (exact) mass is 298 g/mol. The predicted molar refractivity (Wildman–Crippen MR) is 75.0 cm³/mol. The Labute approximate surface area is 120 Å². The van der Waals surface area contributed by atoms with Crippen LogP contribution in [0.2, 0.25) is 10.4 Å². The highest BCUT2D eigenvalue weighted by Crippen LogP contribution is 2.28. The minimum Gasteiger partial charge on any atom is -0.377 e. The second kappa shape index (κ2) is 5.07. The molecule has 0 radical (unpaired) electrons. The van der Waals surface area contributed by atoms with Gasteiger partial charge in [0.1, 0.15) is 11.0 Å². The van der Waals surface area contributed by atoms with Crippen molar-refractivity contribution in [2.45, 2.75) is 13.0 Å². The lowest BCUT2D eigenvalue weighted by Gasteiger charge is -2.34. The molecule has 5 nitrogen and oxygen atoms in total. The van der Waals surface area contributed by atoms with E-state index in [1.54, 1.807) is 12.3 Å². The molecule has 0 N–H and O–H groups in total. The normalized spacial score (nSPS) is 19.9. The molecule has 1 saturated heterocycles. The topological polar surface area (TPSA) is 51.1 Å². The average molecular weight is 299 g/mol. The zero-order chi connectivity index (χ0) is 13.4. The first-order chi connectivity index (χ1) is 9.15. The summed E-state index contributed by atoms with van der Waals surface area (Å²) in [6.07, 6.45) is 1.61. The molecule has 100 valence electrons. The summed E-state index contributed by atoms with van der Waals surface area (Å²) in [4.78, 5) is 14.7. The second-order valence-corrected chi connectivity index (χ2v) is 5.18. The Balaban J connectivity index is 2.18. The van der Waals surface area contributed by atoms with Crippen LogP contribution in [0.1, 0.15) is 6.92 Å². The van der Waals surface area contributed by atoms with Crippen LogP contribution in [0.5, 0.6) is 0 Å². The van der Waals surface area contributed by atoms with Gasteiger partial charge in [0.25, 0.3) is 0 Å². The lowest BCUT2D eigenvalue weighted by atomic mass is 10.2. The number of fused-ring (bicyclic) bond motifs is 1. The quantitative estimate of drug-likeness (QED) is 0.598. The summed E-state index contributed by atoms with van der Waals surface area (Å²) in [5.41, 5.74) is 0.693. The third-order valence-corrected chi connectivity index (χ3v) is 3.52. The Morgan fingerprint density at radius 2 is 2.21 bits per heavy atom. The van der Waals surface area contributed by atoms with Crippen LogP contribution < -0.4 is 4.90 Å². The predicted octanol–water partition coefficient (Wildman–Crippen LogP) is 2.56. The third-order valence-electron chi connectivity index (χ3n) is 3.14. The van der Waals surface area contributed by atoms with Gasteiger partial charge >= 0.3 is 0 Å². The molecule has 1 aliphatic heterocycles. The van der Waals surface area contributed by atoms with Gasteiger partial charge in [0, 0.05) is 11.9 Å². The lowest BCUT2D eigenvalue weighted by Crippen LogP contribution is -2.44. The van der Waals surface area contributed by atoms with Crippen molar-refractivity contribution in [2.24, 2.45) is 0 Å². The number of aromatic nitrogens is 3. The van der Waals surface area contributed by atoms with Crippen molar-refractivity contribution < 1.29 is 4.74 Å². The van der Waals surface area contributed by atoms with Crippen LogP contribution in [0.15, 0.2) is 12.3 Å². The summed E-state index contributed by atoms with van der Waals surface area (Å²) in [6, 6.07) is 2.00. The zero-order valence-electron chi connectivity index (χ0n) is 10.3. The van der Waals surface area contributed by atoms with Crippen molar-refractivity contribution >= 4 is 39.9 Å². The molecule has 1 aliphatic rings. The van der Waals surface area contributed by atoms with Crippen molar-refractivity contribution in [3.8, 4) is 0 Å². The number of hydrogen-bond donors (Lipinski definition) is 0. The molecule has 0 aliphatic carbocycles. The minimum absolute atomic E-state index is 0.213. The molecule has 0 amide bonds. The number of rotatable bonds is 1. The van der Waals surface area contributed by atoms with Gasteiger partial charge in [-0.15, -0.1) is 0 Å². The lowest BCUT2D eigenvalue weighted by molar-refractivity contribution is 0.0987. The van der Waals surface area contributed by atoms with E-state index in [4.69, 9.17) is 27.9 Å². The van der Waals surface area contributed by atoms with E-state index in [1.165, 1.54) is 0 Å². The molecule has 2 aromatic heterocycles. The summed E-state index contributed by atoms with van der Waals surface area (Å²) in [6.45, 7) is 4.20. The van der Waals surface area contributed by atoms with Crippen molar-refractivity contribution in [2.75, 3.05) is 24.7 Å². The molecule has 0 spiro atoms. The summed E-state index contributed by atoms with van der Waals surface area (Å²) < 4.78 is 5.44. The molecule has 7 heteroatoms. The fourth-order valence-corrected chi connectivity index (χ4v) is 2.55. The number of nitrogens with zero attached hydrogens (tertiary/aromatic N) is 4. The van der Waals surface area contributed by atoms with Crippen molar-refractivity contribution in [3.63, 3.8) is 0 Å². The molecule has 1 atom stereocenters. The maximum atomic E-state index is 5.99. The van der Waals surface area contributed by atoms with E-state index in [-0.39, 0.29) is 11.3 Å². The van der Waals surface area contributed by atoms with Gasteiger partial charge in [0.2, 0.25) is 5.28 Å². The highest BCUT2D eigenvalue weighted by molar-refractivity contribution is 6.30. The van der Waals surface area contributed by atoms with E-state index < -0.39 is 0 Å². The fourth-order valence-electron chi connectivity index (χ4n) is 2.22. The molecule has 1 fully saturated rings. The summed E-state index contributed by atoms with van der Waals surface area (Å²) >= 11 is 12.0. The van der Waals surface area contributed by atoms with Gasteiger partial charge in [-0.05, 0) is 24.6 Å². The van der Waals surface area contributed by atoms with Crippen LogP contribution >= 0.6 is 23.2 Å². The Morgan fingerprint density at radius 3 is 3.00 bits per heavy atom. The number of morpholine rings is 1. The number of anilines is 1. The van der Waals surface area contributed by atoms with Crippen LogP contribution in [-0.4, -0.2) is 40.8 Å². The molecule has 3 rings (SSSR count). The van der Waals surface area contributed by atoms with Crippen LogP contribution in [-0.2, 0) is 4.74 Å². The SMILES string of the molecule is C[C@@H]1COCCN1c1nc(Cl)nc2cnc(Cl)cc12. The highest BCUT2D eigenvalue weighted by Gasteiger charge is 2.23. The zero-order valence-corrected chi connectivity index (χ0v) is 11.8. The van der Waals surface area contributed by atoms with Gasteiger partial charge < -0.3 is 9.64 Å². The largest absolute Gasteiger partial charge is 0.377 e. The molecule has 0 bridgehead atoms. The average Bonchev–Trinajstić information content (AvgIpc) is 2.39. The van der Waals surface area contributed by atoms with E-state index >= 15 is 0 Å². The number of halogens is 2. The van der Waals surface area contributed by atoms with Crippen LogP contribution in [0, 0.1) is 0 Å². The Bertz CT molecular complexity index is 622. The van der Waals surface area contributed by atoms with Crippen molar-refractivity contribution in [3.05, 3.63) is 22.7 Å². The van der Waals surface area contributed by atoms with Gasteiger partial charge in [0.05, 0.1) is 31.0 Å². The maximum absolute atomic E-state index is 5.99. The fraction of sp³-hybridized carbons (Fsp3) is 0.417. The van der Waals surface area contributed by atoms with Gasteiger partial charge in [-0.2, -0.15) is 4.98 Å². The van der Waals surface area contributed by atoms with Gasteiger partial charge in [-0.3, -0.25) is 0 Å². The van der Waals surface area contributed by atoms with Crippen LogP contribution in [0.4, 0.5) is 5.82 Å². The second-order valence-electron chi connectivity index (χ2n) is 4.46. The Morgan fingerprint density at radius 1 is 1.37 bits per heavy atom. The van der Waals surface area contributed by atoms with Gasteiger partial charge in [0.15, 0.2) is 0 Å². The summed E-state index contributed by atoms with van der Waals surface area (Å²) in [7, 11) is 0. The molecule has 2 aromatic rings. The molecular weight excluding hydrogens is 287 g/mol. The van der Waals surface area contributed by atoms with E-state index in [1.807, 2.05) is 0 Å². The first kappa shape index (κ1) is 12.8. The van der Waals surface area contributed by atoms with Crippen molar-refractivity contribution in [1.29, 1.82) is 0 Å². The Hall–Kier alpha value is -1.17. The molecule has 19 heavy (non-hydrogen) atoms. The maximum Gasteiger partial charge on any atom is 0.224 e. The van der Waals surface area contributed by atoms with E-state index in [2.05, 4.69) is 26.8 Å². The Kier molecular flexibility index (Phi) is 3.43. The van der Waals surface area contributed by atoms with Crippen molar-refractivity contribution in [1.82, 2.24) is 15.0 Å². The van der Waals surface area contributed by atoms with E-state index in [9.17, 15) is 0 Å². The molecular formula is C12H12Cl2N4O. The molecule has 0 unspecified atom stereocenters. The van der Waals surface area contributed by atoms with E-state index in [0.717, 1.165) is 17.7 Å². The number of hydrogen-bond acceptors (Lipinski definition) is 5. The summed E-state index contributed by atoms with van der Waals surface area (Å²) in [5.74, 6) is 0.787. The summed E-state index contributed by atoms with van der Waals surface area (Å²) in [5, 5.41) is 1.49. The van der Waals surface area contributed by atoms with Crippen LogP contribution in [0.3, 0.4) is 0 Å². The standard InChI is InChI=1S/C12H12Cl2N4O/c1-7-6-19-3-2-18(7)11-8-4-10(13)15-5-9(8)16-12(14)17-11/h4-5,7H,2-3,6H2,1H3/t7-/m1/s1. The highest BCUT2D eigenvalue weighted by atomic mass is 35.5. The molecule has 0 saturated carbocycles. The minimum atomic E-state index is 0.213. The third kappa shape index (κ3) is 2.45. The first-order valence-corrected chi connectivity index (χ1v) is 6.74.